The number of hydrogen-bond acceptors (Lipinski definition) is 3. The second-order valence-corrected chi connectivity index (χ2v) is 4.92. The highest BCUT2D eigenvalue weighted by Crippen LogP contribution is 2.35. The van der Waals surface area contributed by atoms with Gasteiger partial charge in [-0.2, -0.15) is 0 Å². The van der Waals surface area contributed by atoms with E-state index in [1.165, 1.54) is 25.7 Å². The average Bonchev–Trinajstić information content (AvgIpc) is 2.65. The lowest BCUT2D eigenvalue weighted by Gasteiger charge is -2.27. The fourth-order valence-corrected chi connectivity index (χ4v) is 2.41. The normalized spacial score (nSPS) is 18.4. The first kappa shape index (κ1) is 11.2. The van der Waals surface area contributed by atoms with Crippen molar-refractivity contribution in [1.82, 2.24) is 4.98 Å². The summed E-state index contributed by atoms with van der Waals surface area (Å²) in [4.78, 5) is 4.24. The maximum atomic E-state index is 5.33. The zero-order chi connectivity index (χ0) is 11.6. The number of anilines is 1. The molecule has 0 spiro atoms. The van der Waals surface area contributed by atoms with E-state index in [0.717, 1.165) is 17.1 Å². The molecule has 0 bridgehead atoms. The van der Waals surface area contributed by atoms with Crippen LogP contribution in [0.2, 0.25) is 0 Å². The van der Waals surface area contributed by atoms with Crippen molar-refractivity contribution in [2.45, 2.75) is 45.1 Å². The van der Waals surface area contributed by atoms with Crippen molar-refractivity contribution in [3.8, 4) is 5.75 Å². The zero-order valence-electron chi connectivity index (χ0n) is 10.3. The summed E-state index contributed by atoms with van der Waals surface area (Å²) in [6.45, 7) is 4.29. The number of aromatic nitrogens is 1. The van der Waals surface area contributed by atoms with Crippen molar-refractivity contribution in [3.05, 3.63) is 18.0 Å². The van der Waals surface area contributed by atoms with Crippen LogP contribution in [0.3, 0.4) is 0 Å². The van der Waals surface area contributed by atoms with Crippen molar-refractivity contribution < 1.29 is 4.74 Å². The minimum atomic E-state index is 0.223. The molecule has 16 heavy (non-hydrogen) atoms. The second-order valence-electron chi connectivity index (χ2n) is 4.92. The van der Waals surface area contributed by atoms with E-state index in [1.54, 1.807) is 13.3 Å². The van der Waals surface area contributed by atoms with Gasteiger partial charge in [-0.05, 0) is 32.8 Å². The molecule has 0 aliphatic heterocycles. The summed E-state index contributed by atoms with van der Waals surface area (Å²) in [5.74, 6) is 0.832. The first-order valence-corrected chi connectivity index (χ1v) is 5.92. The van der Waals surface area contributed by atoms with Crippen LogP contribution in [0, 0.1) is 6.92 Å². The Morgan fingerprint density at radius 2 is 2.06 bits per heavy atom. The lowest BCUT2D eigenvalue weighted by atomic mass is 10.0. The largest absolute Gasteiger partial charge is 0.493 e. The highest BCUT2D eigenvalue weighted by Gasteiger charge is 2.29. The maximum Gasteiger partial charge on any atom is 0.160 e. The predicted molar refractivity (Wildman–Crippen MR) is 66.0 cm³/mol. The summed E-state index contributed by atoms with van der Waals surface area (Å²) in [7, 11) is 1.69. The third-order valence-electron chi connectivity index (χ3n) is 3.37. The summed E-state index contributed by atoms with van der Waals surface area (Å²) in [6.07, 6.45) is 6.89. The van der Waals surface area contributed by atoms with E-state index in [1.807, 2.05) is 6.92 Å². The van der Waals surface area contributed by atoms with Crippen molar-refractivity contribution in [2.75, 3.05) is 12.4 Å². The number of aryl methyl sites for hydroxylation is 1. The third-order valence-corrected chi connectivity index (χ3v) is 3.37. The highest BCUT2D eigenvalue weighted by atomic mass is 16.5. The van der Waals surface area contributed by atoms with E-state index in [0.29, 0.717) is 0 Å². The van der Waals surface area contributed by atoms with Crippen molar-refractivity contribution in [3.63, 3.8) is 0 Å². The van der Waals surface area contributed by atoms with E-state index in [-0.39, 0.29) is 5.54 Å². The number of nitrogens with zero attached hydrogens (tertiary/aromatic N) is 1. The fourth-order valence-electron chi connectivity index (χ4n) is 2.41. The minimum Gasteiger partial charge on any atom is -0.493 e. The van der Waals surface area contributed by atoms with Crippen LogP contribution < -0.4 is 10.1 Å². The van der Waals surface area contributed by atoms with Crippen LogP contribution in [0.5, 0.6) is 5.75 Å². The van der Waals surface area contributed by atoms with Crippen molar-refractivity contribution >= 4 is 5.69 Å². The summed E-state index contributed by atoms with van der Waals surface area (Å²) in [5.41, 5.74) is 2.31. The molecule has 0 radical (unpaired) electrons. The monoisotopic (exact) mass is 220 g/mol. The fraction of sp³-hybridized carbons (Fsp3) is 0.615. The number of ether oxygens (including phenoxy) is 1. The number of hydrogen-bond donors (Lipinski definition) is 1. The molecule has 1 aliphatic carbocycles. The third kappa shape index (κ3) is 2.29. The van der Waals surface area contributed by atoms with Gasteiger partial charge in [0.15, 0.2) is 5.75 Å². The van der Waals surface area contributed by atoms with E-state index in [2.05, 4.69) is 23.3 Å². The van der Waals surface area contributed by atoms with Gasteiger partial charge < -0.3 is 10.1 Å². The van der Waals surface area contributed by atoms with Gasteiger partial charge in [0, 0.05) is 11.2 Å². The Hall–Kier alpha value is -1.25. The molecule has 2 rings (SSSR count). The Balaban J connectivity index is 2.22. The zero-order valence-corrected chi connectivity index (χ0v) is 10.3. The molecule has 0 amide bonds. The van der Waals surface area contributed by atoms with Crippen LogP contribution in [-0.2, 0) is 0 Å². The van der Waals surface area contributed by atoms with Gasteiger partial charge in [0.25, 0.3) is 0 Å². The standard InChI is InChI=1S/C13H20N2O/c1-10-8-11(12(16-3)9-14-10)15-13(2)6-4-5-7-13/h8-9H,4-7H2,1-3H3,(H,14,15). The second kappa shape index (κ2) is 4.32. The van der Waals surface area contributed by atoms with Crippen LogP contribution in [0.15, 0.2) is 12.3 Å². The Morgan fingerprint density at radius 3 is 2.69 bits per heavy atom. The van der Waals surface area contributed by atoms with Crippen molar-refractivity contribution in [1.29, 1.82) is 0 Å². The van der Waals surface area contributed by atoms with Gasteiger partial charge in [0.05, 0.1) is 19.0 Å². The summed E-state index contributed by atoms with van der Waals surface area (Å²) >= 11 is 0. The summed E-state index contributed by atoms with van der Waals surface area (Å²) < 4.78 is 5.33. The molecule has 1 aromatic rings. The van der Waals surface area contributed by atoms with E-state index >= 15 is 0 Å². The Bertz CT molecular complexity index is 370. The molecule has 3 nitrogen and oxygen atoms in total. The number of pyridine rings is 1. The van der Waals surface area contributed by atoms with Gasteiger partial charge in [-0.1, -0.05) is 12.8 Å². The van der Waals surface area contributed by atoms with Crippen LogP contribution in [-0.4, -0.2) is 17.6 Å². The number of methoxy groups -OCH3 is 1. The van der Waals surface area contributed by atoms with Crippen LogP contribution in [0.1, 0.15) is 38.3 Å². The van der Waals surface area contributed by atoms with Crippen LogP contribution in [0.25, 0.3) is 0 Å². The number of nitrogens with one attached hydrogen (secondary N) is 1. The molecular formula is C13H20N2O. The van der Waals surface area contributed by atoms with E-state index in [4.69, 9.17) is 4.74 Å². The van der Waals surface area contributed by atoms with Gasteiger partial charge >= 0.3 is 0 Å². The van der Waals surface area contributed by atoms with E-state index in [9.17, 15) is 0 Å². The molecule has 0 saturated heterocycles. The average molecular weight is 220 g/mol. The Labute approximate surface area is 97.2 Å². The van der Waals surface area contributed by atoms with Gasteiger partial charge in [-0.25, -0.2) is 0 Å². The molecule has 1 saturated carbocycles. The van der Waals surface area contributed by atoms with E-state index < -0.39 is 0 Å². The molecule has 3 heteroatoms. The molecule has 0 aromatic carbocycles. The van der Waals surface area contributed by atoms with Gasteiger partial charge in [0.1, 0.15) is 0 Å². The topological polar surface area (TPSA) is 34.1 Å². The molecule has 0 atom stereocenters. The first-order chi connectivity index (χ1) is 7.63. The molecule has 0 unspecified atom stereocenters. The summed E-state index contributed by atoms with van der Waals surface area (Å²) in [5, 5.41) is 3.61. The first-order valence-electron chi connectivity index (χ1n) is 5.92. The highest BCUT2D eigenvalue weighted by molar-refractivity contribution is 5.57. The van der Waals surface area contributed by atoms with Gasteiger partial charge in [0.2, 0.25) is 0 Å². The molecular weight excluding hydrogens is 200 g/mol. The molecule has 1 aromatic heterocycles. The summed E-state index contributed by atoms with van der Waals surface area (Å²) in [6, 6.07) is 2.06. The van der Waals surface area contributed by atoms with Gasteiger partial charge in [-0.3, -0.25) is 4.98 Å². The molecule has 88 valence electrons. The lowest BCUT2D eigenvalue weighted by molar-refractivity contribution is 0.411. The smallest absolute Gasteiger partial charge is 0.160 e. The van der Waals surface area contributed by atoms with Crippen LogP contribution in [0.4, 0.5) is 5.69 Å². The van der Waals surface area contributed by atoms with Crippen molar-refractivity contribution in [2.24, 2.45) is 0 Å². The van der Waals surface area contributed by atoms with Gasteiger partial charge in [-0.15, -0.1) is 0 Å². The molecule has 1 N–H and O–H groups in total. The molecule has 1 aliphatic rings. The van der Waals surface area contributed by atoms with Crippen LogP contribution >= 0.6 is 0 Å². The molecule has 1 heterocycles. The lowest BCUT2D eigenvalue weighted by Crippen LogP contribution is -2.31. The predicted octanol–water partition coefficient (Wildman–Crippen LogP) is 3.14. The SMILES string of the molecule is COc1cnc(C)cc1NC1(C)CCCC1. The Kier molecular flexibility index (Phi) is 3.03. The molecule has 1 fully saturated rings. The maximum absolute atomic E-state index is 5.33. The Morgan fingerprint density at radius 1 is 1.38 bits per heavy atom. The quantitative estimate of drug-likeness (QED) is 0.849. The minimum absolute atomic E-state index is 0.223. The number of rotatable bonds is 3.